The molecule has 0 unspecified atom stereocenters. The molecule has 0 saturated carbocycles. The molecule has 1 atom stereocenters. The number of carbonyl (C=O) groups excluding carboxylic acids is 1. The van der Waals surface area contributed by atoms with Crippen LogP contribution >= 0.6 is 11.8 Å². The maximum atomic E-state index is 11.1. The predicted molar refractivity (Wildman–Crippen MR) is 74.6 cm³/mol. The molecule has 4 heteroatoms. The molecule has 1 aliphatic rings. The van der Waals surface area contributed by atoms with E-state index in [1.54, 1.807) is 11.8 Å². The van der Waals surface area contributed by atoms with Crippen molar-refractivity contribution in [1.29, 1.82) is 0 Å². The lowest BCUT2D eigenvalue weighted by Gasteiger charge is -2.32. The fourth-order valence-electron chi connectivity index (χ4n) is 2.34. The third-order valence-electron chi connectivity index (χ3n) is 3.18. The van der Waals surface area contributed by atoms with Crippen LogP contribution in [-0.2, 0) is 4.79 Å². The van der Waals surface area contributed by atoms with Crippen molar-refractivity contribution in [3.05, 3.63) is 23.9 Å². The second-order valence-electron chi connectivity index (χ2n) is 4.95. The zero-order valence-corrected chi connectivity index (χ0v) is 11.8. The molecule has 1 amide bonds. The Morgan fingerprint density at radius 2 is 2.28 bits per heavy atom. The van der Waals surface area contributed by atoms with Gasteiger partial charge in [0.1, 0.15) is 0 Å². The van der Waals surface area contributed by atoms with Gasteiger partial charge in [-0.3, -0.25) is 4.79 Å². The summed E-state index contributed by atoms with van der Waals surface area (Å²) in [5.74, 6) is 0. The monoisotopic (exact) mass is 264 g/mol. The van der Waals surface area contributed by atoms with E-state index in [-0.39, 0.29) is 6.04 Å². The maximum Gasteiger partial charge on any atom is 0.210 e. The van der Waals surface area contributed by atoms with Gasteiger partial charge < -0.3 is 4.90 Å². The van der Waals surface area contributed by atoms with Crippen LogP contribution in [-0.4, -0.2) is 28.1 Å². The van der Waals surface area contributed by atoms with Gasteiger partial charge in [-0.1, -0.05) is 19.9 Å². The standard InChI is InChI=1S/C14H20N2OS/c1-11(2)18-14-7-6-12(9-15-14)13-5-3-4-8-16(13)10-17/h6-7,9-11,13H,3-5,8H2,1-2H3/t13-/m1/s1. The molecule has 18 heavy (non-hydrogen) atoms. The first-order chi connectivity index (χ1) is 8.70. The number of thioether (sulfide) groups is 1. The molecular formula is C14H20N2OS. The zero-order valence-electron chi connectivity index (χ0n) is 11.0. The quantitative estimate of drug-likeness (QED) is 0.618. The molecule has 3 nitrogen and oxygen atoms in total. The SMILES string of the molecule is CC(C)Sc1ccc([C@H]2CCCCN2C=O)cn1. The summed E-state index contributed by atoms with van der Waals surface area (Å²) < 4.78 is 0. The number of rotatable bonds is 4. The Hall–Kier alpha value is -1.03. The van der Waals surface area contributed by atoms with E-state index in [0.29, 0.717) is 5.25 Å². The van der Waals surface area contributed by atoms with Crippen LogP contribution in [0, 0.1) is 0 Å². The lowest BCUT2D eigenvalue weighted by molar-refractivity contribution is -0.121. The number of pyridine rings is 1. The fourth-order valence-corrected chi connectivity index (χ4v) is 3.08. The van der Waals surface area contributed by atoms with Gasteiger partial charge >= 0.3 is 0 Å². The molecular weight excluding hydrogens is 244 g/mol. The van der Waals surface area contributed by atoms with Gasteiger partial charge in [-0.2, -0.15) is 0 Å². The van der Waals surface area contributed by atoms with E-state index in [1.165, 1.54) is 6.42 Å². The molecule has 1 saturated heterocycles. The van der Waals surface area contributed by atoms with Crippen LogP contribution in [0.5, 0.6) is 0 Å². The molecule has 0 radical (unpaired) electrons. The molecule has 1 fully saturated rings. The highest BCUT2D eigenvalue weighted by Crippen LogP contribution is 2.30. The van der Waals surface area contributed by atoms with Crippen molar-refractivity contribution in [2.24, 2.45) is 0 Å². The summed E-state index contributed by atoms with van der Waals surface area (Å²) in [6.07, 6.45) is 6.26. The van der Waals surface area contributed by atoms with Gasteiger partial charge in [-0.25, -0.2) is 4.98 Å². The molecule has 1 aromatic heterocycles. The number of nitrogens with zero attached hydrogens (tertiary/aromatic N) is 2. The van der Waals surface area contributed by atoms with Crippen LogP contribution < -0.4 is 0 Å². The average Bonchev–Trinajstić information content (AvgIpc) is 2.39. The lowest BCUT2D eigenvalue weighted by Crippen LogP contribution is -2.32. The minimum absolute atomic E-state index is 0.224. The van der Waals surface area contributed by atoms with Gasteiger partial charge in [0.25, 0.3) is 0 Å². The van der Waals surface area contributed by atoms with E-state index in [4.69, 9.17) is 0 Å². The van der Waals surface area contributed by atoms with Crippen molar-refractivity contribution in [2.75, 3.05) is 6.54 Å². The number of aromatic nitrogens is 1. The largest absolute Gasteiger partial charge is 0.338 e. The molecule has 0 spiro atoms. The number of piperidine rings is 1. The van der Waals surface area contributed by atoms with Crippen LogP contribution in [0.4, 0.5) is 0 Å². The van der Waals surface area contributed by atoms with Crippen molar-refractivity contribution >= 4 is 18.2 Å². The molecule has 2 rings (SSSR count). The highest BCUT2D eigenvalue weighted by atomic mass is 32.2. The Balaban J connectivity index is 2.10. The van der Waals surface area contributed by atoms with E-state index < -0.39 is 0 Å². The highest BCUT2D eigenvalue weighted by molar-refractivity contribution is 7.99. The normalized spacial score (nSPS) is 20.2. The van der Waals surface area contributed by atoms with Crippen LogP contribution in [0.1, 0.15) is 44.7 Å². The number of hydrogen-bond donors (Lipinski definition) is 0. The van der Waals surface area contributed by atoms with Crippen LogP contribution in [0.2, 0.25) is 0 Å². The van der Waals surface area contributed by atoms with Crippen molar-refractivity contribution in [3.8, 4) is 0 Å². The second kappa shape index (κ2) is 6.23. The first-order valence-electron chi connectivity index (χ1n) is 6.54. The Bertz CT molecular complexity index is 391. The fraction of sp³-hybridized carbons (Fsp3) is 0.571. The summed E-state index contributed by atoms with van der Waals surface area (Å²) >= 11 is 1.77. The van der Waals surface area contributed by atoms with Gasteiger partial charge in [-0.05, 0) is 30.9 Å². The van der Waals surface area contributed by atoms with Crippen LogP contribution in [0.3, 0.4) is 0 Å². The smallest absolute Gasteiger partial charge is 0.210 e. The van der Waals surface area contributed by atoms with E-state index in [2.05, 4.69) is 31.0 Å². The summed E-state index contributed by atoms with van der Waals surface area (Å²) in [5.41, 5.74) is 1.16. The molecule has 1 aromatic rings. The molecule has 0 bridgehead atoms. The Kier molecular flexibility index (Phi) is 4.64. The van der Waals surface area contributed by atoms with Crippen molar-refractivity contribution < 1.29 is 4.79 Å². The molecule has 1 aliphatic heterocycles. The second-order valence-corrected chi connectivity index (χ2v) is 6.55. The molecule has 0 aliphatic carbocycles. The minimum Gasteiger partial charge on any atom is -0.338 e. The summed E-state index contributed by atoms with van der Waals surface area (Å²) in [4.78, 5) is 17.4. The van der Waals surface area contributed by atoms with Crippen LogP contribution in [0.25, 0.3) is 0 Å². The third kappa shape index (κ3) is 3.25. The summed E-state index contributed by atoms with van der Waals surface area (Å²) in [7, 11) is 0. The minimum atomic E-state index is 0.224. The number of likely N-dealkylation sites (tertiary alicyclic amines) is 1. The van der Waals surface area contributed by atoms with Crippen molar-refractivity contribution in [2.45, 2.75) is 49.4 Å². The van der Waals surface area contributed by atoms with Crippen LogP contribution in [0.15, 0.2) is 23.4 Å². The first kappa shape index (κ1) is 13.4. The Morgan fingerprint density at radius 1 is 1.44 bits per heavy atom. The predicted octanol–water partition coefficient (Wildman–Crippen LogP) is 3.27. The molecule has 0 aromatic carbocycles. The van der Waals surface area contributed by atoms with E-state index >= 15 is 0 Å². The zero-order chi connectivity index (χ0) is 13.0. The van der Waals surface area contributed by atoms with E-state index in [1.807, 2.05) is 11.1 Å². The molecule has 2 heterocycles. The van der Waals surface area contributed by atoms with Gasteiger partial charge in [0.15, 0.2) is 0 Å². The first-order valence-corrected chi connectivity index (χ1v) is 7.42. The third-order valence-corrected chi connectivity index (χ3v) is 4.13. The van der Waals surface area contributed by atoms with Gasteiger partial charge in [0, 0.05) is 18.0 Å². The Morgan fingerprint density at radius 3 is 2.89 bits per heavy atom. The van der Waals surface area contributed by atoms with Gasteiger partial charge in [-0.15, -0.1) is 11.8 Å². The van der Waals surface area contributed by atoms with Crippen molar-refractivity contribution in [3.63, 3.8) is 0 Å². The summed E-state index contributed by atoms with van der Waals surface area (Å²) in [6, 6.07) is 4.41. The molecule has 98 valence electrons. The van der Waals surface area contributed by atoms with Crippen molar-refractivity contribution in [1.82, 2.24) is 9.88 Å². The molecule has 0 N–H and O–H groups in total. The topological polar surface area (TPSA) is 33.2 Å². The lowest BCUT2D eigenvalue weighted by atomic mass is 9.97. The van der Waals surface area contributed by atoms with E-state index in [0.717, 1.165) is 36.4 Å². The van der Waals surface area contributed by atoms with E-state index in [9.17, 15) is 4.79 Å². The number of hydrogen-bond acceptors (Lipinski definition) is 3. The van der Waals surface area contributed by atoms with Gasteiger partial charge in [0.05, 0.1) is 11.1 Å². The number of carbonyl (C=O) groups is 1. The summed E-state index contributed by atoms with van der Waals surface area (Å²) in [5, 5.41) is 1.60. The number of amides is 1. The highest BCUT2D eigenvalue weighted by Gasteiger charge is 2.22. The average molecular weight is 264 g/mol. The summed E-state index contributed by atoms with van der Waals surface area (Å²) in [6.45, 7) is 5.20. The Labute approximate surface area is 113 Å². The van der Waals surface area contributed by atoms with Gasteiger partial charge in [0.2, 0.25) is 6.41 Å². The maximum absolute atomic E-state index is 11.1.